The summed E-state index contributed by atoms with van der Waals surface area (Å²) < 4.78 is 0. The van der Waals surface area contributed by atoms with Gasteiger partial charge in [0.15, 0.2) is 0 Å². The van der Waals surface area contributed by atoms with Gasteiger partial charge in [-0.15, -0.1) is 0 Å². The van der Waals surface area contributed by atoms with Crippen molar-refractivity contribution in [2.45, 2.75) is 65.1 Å². The van der Waals surface area contributed by atoms with E-state index in [1.165, 1.54) is 30.6 Å². The Morgan fingerprint density at radius 2 is 1.79 bits per heavy atom. The van der Waals surface area contributed by atoms with E-state index in [0.29, 0.717) is 5.54 Å². The Bertz CT molecular complexity index is 412. The lowest BCUT2D eigenvalue weighted by Gasteiger charge is -2.33. The van der Waals surface area contributed by atoms with Crippen molar-refractivity contribution >= 4 is 5.69 Å². The minimum atomic E-state index is 0.176. The van der Waals surface area contributed by atoms with Crippen LogP contribution in [0.1, 0.15) is 53.0 Å². The number of hydrogen-bond acceptors (Lipinski definition) is 2. The predicted molar refractivity (Wildman–Crippen MR) is 83.7 cm³/mol. The van der Waals surface area contributed by atoms with E-state index in [1.54, 1.807) is 0 Å². The number of nitrogens with one attached hydrogen (secondary N) is 1. The maximum Gasteiger partial charge on any atom is 0.0370 e. The van der Waals surface area contributed by atoms with Gasteiger partial charge in [0.1, 0.15) is 0 Å². The van der Waals surface area contributed by atoms with Crippen LogP contribution in [0.25, 0.3) is 0 Å². The summed E-state index contributed by atoms with van der Waals surface area (Å²) in [7, 11) is 0. The van der Waals surface area contributed by atoms with Crippen molar-refractivity contribution in [1.29, 1.82) is 0 Å². The quantitative estimate of drug-likeness (QED) is 0.885. The molecule has 1 aliphatic heterocycles. The fraction of sp³-hybridized carbons (Fsp3) is 0.647. The van der Waals surface area contributed by atoms with E-state index in [1.807, 2.05) is 0 Å². The molecule has 0 radical (unpaired) electrons. The first-order valence-corrected chi connectivity index (χ1v) is 7.40. The second kappa shape index (κ2) is 5.16. The summed E-state index contributed by atoms with van der Waals surface area (Å²) in [5.41, 5.74) is 3.21. The molecule has 1 heterocycles. The van der Waals surface area contributed by atoms with Crippen molar-refractivity contribution in [3.05, 3.63) is 29.8 Å². The second-order valence-electron chi connectivity index (χ2n) is 7.34. The average molecular weight is 260 g/mol. The van der Waals surface area contributed by atoms with Crippen molar-refractivity contribution in [3.8, 4) is 0 Å². The zero-order valence-corrected chi connectivity index (χ0v) is 13.1. The summed E-state index contributed by atoms with van der Waals surface area (Å²) in [6, 6.07) is 9.05. The van der Waals surface area contributed by atoms with Crippen LogP contribution in [0.15, 0.2) is 24.3 Å². The van der Waals surface area contributed by atoms with E-state index >= 15 is 0 Å². The van der Waals surface area contributed by atoms with Crippen LogP contribution in [0.4, 0.5) is 5.69 Å². The third-order valence-electron chi connectivity index (χ3n) is 3.97. The zero-order valence-electron chi connectivity index (χ0n) is 13.1. The van der Waals surface area contributed by atoms with Crippen LogP contribution in [0.3, 0.4) is 0 Å². The van der Waals surface area contributed by atoms with Crippen LogP contribution in [-0.4, -0.2) is 17.6 Å². The molecule has 0 unspecified atom stereocenters. The highest BCUT2D eigenvalue weighted by Crippen LogP contribution is 2.33. The zero-order chi connectivity index (χ0) is 14.1. The molecule has 0 atom stereocenters. The topological polar surface area (TPSA) is 15.3 Å². The third-order valence-corrected chi connectivity index (χ3v) is 3.97. The third kappa shape index (κ3) is 3.73. The number of nitrogens with zero attached hydrogens (tertiary/aromatic N) is 1. The van der Waals surface area contributed by atoms with Crippen LogP contribution in [0.5, 0.6) is 0 Å². The van der Waals surface area contributed by atoms with Crippen LogP contribution in [0.2, 0.25) is 0 Å². The fourth-order valence-electron chi connectivity index (χ4n) is 2.75. The number of rotatable bonds is 3. The summed E-state index contributed by atoms with van der Waals surface area (Å²) in [4.78, 5) is 2.54. The highest BCUT2D eigenvalue weighted by molar-refractivity contribution is 5.51. The molecule has 0 saturated carbocycles. The van der Waals surface area contributed by atoms with E-state index in [0.717, 1.165) is 6.54 Å². The molecule has 1 aliphatic rings. The molecule has 2 heteroatoms. The fourth-order valence-corrected chi connectivity index (χ4v) is 2.75. The first-order chi connectivity index (χ1) is 8.78. The van der Waals surface area contributed by atoms with Crippen molar-refractivity contribution in [3.63, 3.8) is 0 Å². The summed E-state index contributed by atoms with van der Waals surface area (Å²) in [6.45, 7) is 13.4. The van der Waals surface area contributed by atoms with Gasteiger partial charge in [0.2, 0.25) is 0 Å². The normalized spacial score (nSPS) is 18.9. The van der Waals surface area contributed by atoms with Gasteiger partial charge in [-0.25, -0.2) is 0 Å². The SMILES string of the molecule is CC(C)(C)NCc1ccc(N2CCCC2(C)C)cc1. The van der Waals surface area contributed by atoms with Gasteiger partial charge in [0, 0.05) is 29.9 Å². The number of hydrogen-bond donors (Lipinski definition) is 1. The van der Waals surface area contributed by atoms with Crippen LogP contribution >= 0.6 is 0 Å². The molecule has 1 aromatic rings. The van der Waals surface area contributed by atoms with Crippen molar-refractivity contribution in [1.82, 2.24) is 5.32 Å². The molecular formula is C17H28N2. The monoisotopic (exact) mass is 260 g/mol. The molecule has 106 valence electrons. The van der Waals surface area contributed by atoms with E-state index in [2.05, 4.69) is 69.1 Å². The van der Waals surface area contributed by atoms with E-state index in [4.69, 9.17) is 0 Å². The second-order valence-corrected chi connectivity index (χ2v) is 7.34. The van der Waals surface area contributed by atoms with Gasteiger partial charge in [-0.05, 0) is 65.2 Å². The van der Waals surface area contributed by atoms with Crippen molar-refractivity contribution < 1.29 is 0 Å². The van der Waals surface area contributed by atoms with Gasteiger partial charge >= 0.3 is 0 Å². The van der Waals surface area contributed by atoms with Crippen molar-refractivity contribution in [2.24, 2.45) is 0 Å². The van der Waals surface area contributed by atoms with Gasteiger partial charge in [-0.1, -0.05) is 12.1 Å². The molecule has 2 nitrogen and oxygen atoms in total. The first-order valence-electron chi connectivity index (χ1n) is 7.40. The smallest absolute Gasteiger partial charge is 0.0370 e. The van der Waals surface area contributed by atoms with E-state index in [9.17, 15) is 0 Å². The summed E-state index contributed by atoms with van der Waals surface area (Å²) in [5, 5.41) is 3.53. The Morgan fingerprint density at radius 3 is 2.26 bits per heavy atom. The van der Waals surface area contributed by atoms with Gasteiger partial charge in [0.05, 0.1) is 0 Å². The molecule has 0 amide bonds. The Labute approximate surface area is 118 Å². The lowest BCUT2D eigenvalue weighted by molar-refractivity contribution is 0.424. The Morgan fingerprint density at radius 1 is 1.16 bits per heavy atom. The van der Waals surface area contributed by atoms with Gasteiger partial charge in [0.25, 0.3) is 0 Å². The highest BCUT2D eigenvalue weighted by atomic mass is 15.2. The molecular weight excluding hydrogens is 232 g/mol. The van der Waals surface area contributed by atoms with Gasteiger partial charge in [-0.2, -0.15) is 0 Å². The van der Waals surface area contributed by atoms with Gasteiger partial charge < -0.3 is 10.2 Å². The standard InChI is InChI=1S/C17H28N2/c1-16(2,3)18-13-14-7-9-15(10-8-14)19-12-6-11-17(19,4)5/h7-10,18H,6,11-13H2,1-5H3. The molecule has 1 fully saturated rings. The van der Waals surface area contributed by atoms with Crippen LogP contribution in [0, 0.1) is 0 Å². The Balaban J connectivity index is 2.03. The predicted octanol–water partition coefficient (Wildman–Crippen LogP) is 3.95. The molecule has 0 spiro atoms. The van der Waals surface area contributed by atoms with Crippen LogP contribution in [-0.2, 0) is 6.54 Å². The lowest BCUT2D eigenvalue weighted by atomic mass is 10.0. The molecule has 1 N–H and O–H groups in total. The summed E-state index contributed by atoms with van der Waals surface area (Å²) in [6.07, 6.45) is 2.60. The molecule has 0 bridgehead atoms. The van der Waals surface area contributed by atoms with Crippen molar-refractivity contribution in [2.75, 3.05) is 11.4 Å². The molecule has 19 heavy (non-hydrogen) atoms. The lowest BCUT2D eigenvalue weighted by Crippen LogP contribution is -2.38. The summed E-state index contributed by atoms with van der Waals surface area (Å²) >= 11 is 0. The summed E-state index contributed by atoms with van der Waals surface area (Å²) in [5.74, 6) is 0. The minimum Gasteiger partial charge on any atom is -0.366 e. The molecule has 0 aromatic heterocycles. The molecule has 1 aromatic carbocycles. The minimum absolute atomic E-state index is 0.176. The number of anilines is 1. The first kappa shape index (κ1) is 14.4. The Hall–Kier alpha value is -1.02. The highest BCUT2D eigenvalue weighted by Gasteiger charge is 2.31. The molecule has 1 saturated heterocycles. The van der Waals surface area contributed by atoms with Crippen LogP contribution < -0.4 is 10.2 Å². The maximum absolute atomic E-state index is 3.53. The average Bonchev–Trinajstić information content (AvgIpc) is 2.66. The maximum atomic E-state index is 3.53. The number of benzene rings is 1. The van der Waals surface area contributed by atoms with E-state index < -0.39 is 0 Å². The van der Waals surface area contributed by atoms with Gasteiger partial charge in [-0.3, -0.25) is 0 Å². The molecule has 0 aliphatic carbocycles. The van der Waals surface area contributed by atoms with E-state index in [-0.39, 0.29) is 5.54 Å². The molecule has 2 rings (SSSR count). The Kier molecular flexibility index (Phi) is 3.91. The largest absolute Gasteiger partial charge is 0.366 e.